The molecule has 1 saturated heterocycles. The van der Waals surface area contributed by atoms with Gasteiger partial charge in [-0.25, -0.2) is 13.2 Å². The van der Waals surface area contributed by atoms with Crippen LogP contribution in [0.5, 0.6) is 0 Å². The Kier molecular flexibility index (Phi) is 7.32. The van der Waals surface area contributed by atoms with Crippen molar-refractivity contribution in [2.24, 2.45) is 0 Å². The van der Waals surface area contributed by atoms with Crippen molar-refractivity contribution in [2.45, 2.75) is 69.5 Å². The Morgan fingerprint density at radius 3 is 2.65 bits per heavy atom. The van der Waals surface area contributed by atoms with Crippen LogP contribution in [0, 0.1) is 6.92 Å². The molecule has 0 saturated carbocycles. The number of nitrogens with zero attached hydrogens (tertiary/aromatic N) is 2. The van der Waals surface area contributed by atoms with Crippen molar-refractivity contribution in [3.05, 3.63) is 48.3 Å². The zero-order valence-corrected chi connectivity index (χ0v) is 20.7. The van der Waals surface area contributed by atoms with E-state index in [1.165, 1.54) is 11.0 Å². The van der Waals surface area contributed by atoms with Gasteiger partial charge in [-0.15, -0.1) is 0 Å². The van der Waals surface area contributed by atoms with E-state index in [0.717, 1.165) is 5.56 Å². The van der Waals surface area contributed by atoms with Gasteiger partial charge in [0.2, 0.25) is 0 Å². The van der Waals surface area contributed by atoms with Crippen LogP contribution in [0.3, 0.4) is 0 Å². The van der Waals surface area contributed by atoms with E-state index in [2.05, 4.69) is 16.3 Å². The highest BCUT2D eigenvalue weighted by Crippen LogP contribution is 2.30. The summed E-state index contributed by atoms with van der Waals surface area (Å²) in [5.74, 6) is -1.31. The van der Waals surface area contributed by atoms with Gasteiger partial charge in [-0.1, -0.05) is 18.7 Å². The van der Waals surface area contributed by atoms with Crippen molar-refractivity contribution in [1.82, 2.24) is 14.6 Å². The maximum atomic E-state index is 13.3. The number of ether oxygens (including phenoxy) is 1. The second-order valence-electron chi connectivity index (χ2n) is 9.43. The summed E-state index contributed by atoms with van der Waals surface area (Å²) in [7, 11) is -4.19. The molecule has 1 fully saturated rings. The third kappa shape index (κ3) is 5.56. The number of pyridine rings is 1. The molecule has 0 aliphatic carbocycles. The molecule has 0 bridgehead atoms. The number of hydrogen-bond acceptors (Lipinski definition) is 7. The number of rotatable bonds is 7. The van der Waals surface area contributed by atoms with Crippen LogP contribution in [-0.4, -0.2) is 59.6 Å². The average molecular weight is 490 g/mol. The van der Waals surface area contributed by atoms with Gasteiger partial charge in [-0.3, -0.25) is 14.5 Å². The van der Waals surface area contributed by atoms with Gasteiger partial charge < -0.3 is 14.7 Å². The number of sulfonamides is 1. The number of aliphatic hydroxyl groups excluding tert-OH is 1. The number of esters is 1. The van der Waals surface area contributed by atoms with E-state index in [1.807, 2.05) is 13.0 Å². The zero-order chi connectivity index (χ0) is 25.3. The number of fused-ring (bicyclic) bond motifs is 1. The standard InChI is InChI=1S/C24H31N3O6S/c1-15-13-17-7-6-8-20(21(17)25-14-15)34(31,32)26-16(2)22(29)27-18(11-12-28)9-10-19(27)23(30)33-24(3,4)5/h6-8,13-14,18-19,26,28H,2,9-12H2,1,3-5H3/t18-,19+/m1/s1. The molecule has 9 nitrogen and oxygen atoms in total. The predicted octanol–water partition coefficient (Wildman–Crippen LogP) is 2.42. The van der Waals surface area contributed by atoms with Crippen molar-refractivity contribution in [2.75, 3.05) is 6.61 Å². The Hall–Kier alpha value is -2.98. The smallest absolute Gasteiger partial charge is 0.329 e. The summed E-state index contributed by atoms with van der Waals surface area (Å²) in [4.78, 5) is 31.5. The number of hydrogen-bond donors (Lipinski definition) is 2. The lowest BCUT2D eigenvalue weighted by molar-refractivity contribution is -0.163. The van der Waals surface area contributed by atoms with Gasteiger partial charge in [0, 0.05) is 24.2 Å². The fourth-order valence-electron chi connectivity index (χ4n) is 4.10. The fourth-order valence-corrected chi connectivity index (χ4v) is 5.30. The SMILES string of the molecule is C=C(NS(=O)(=O)c1cccc2cc(C)cnc12)C(=O)N1[C@@H](CCO)CC[C@H]1C(=O)OC(C)(C)C. The molecule has 2 aromatic rings. The van der Waals surface area contributed by atoms with Crippen molar-refractivity contribution in [3.8, 4) is 0 Å². The summed E-state index contributed by atoms with van der Waals surface area (Å²) in [6.07, 6.45) is 2.63. The average Bonchev–Trinajstić information content (AvgIpc) is 3.15. The van der Waals surface area contributed by atoms with E-state index in [-0.39, 0.29) is 23.4 Å². The summed E-state index contributed by atoms with van der Waals surface area (Å²) < 4.78 is 34.0. The van der Waals surface area contributed by atoms with Crippen molar-refractivity contribution < 1.29 is 27.9 Å². The van der Waals surface area contributed by atoms with Crippen molar-refractivity contribution in [3.63, 3.8) is 0 Å². The predicted molar refractivity (Wildman–Crippen MR) is 127 cm³/mol. The maximum absolute atomic E-state index is 13.3. The van der Waals surface area contributed by atoms with Gasteiger partial charge in [0.1, 0.15) is 22.2 Å². The molecule has 10 heteroatoms. The molecule has 2 atom stereocenters. The summed E-state index contributed by atoms with van der Waals surface area (Å²) in [5.41, 5.74) is 0.000173. The molecule has 0 radical (unpaired) electrons. The first-order valence-corrected chi connectivity index (χ1v) is 12.6. The highest BCUT2D eigenvalue weighted by Gasteiger charge is 2.43. The highest BCUT2D eigenvalue weighted by atomic mass is 32.2. The van der Waals surface area contributed by atoms with Gasteiger partial charge in [0.15, 0.2) is 0 Å². The van der Waals surface area contributed by atoms with Crippen LogP contribution in [0.4, 0.5) is 0 Å². The first-order chi connectivity index (χ1) is 15.8. The highest BCUT2D eigenvalue weighted by molar-refractivity contribution is 7.90. The Labute approximate surface area is 199 Å². The van der Waals surface area contributed by atoms with E-state index in [9.17, 15) is 23.1 Å². The number of carbonyl (C=O) groups is 2. The first kappa shape index (κ1) is 25.6. The summed E-state index contributed by atoms with van der Waals surface area (Å²) in [6.45, 7) is 10.5. The normalized spacial score (nSPS) is 18.7. The second-order valence-corrected chi connectivity index (χ2v) is 11.1. The third-order valence-electron chi connectivity index (χ3n) is 5.49. The number of aryl methyl sites for hydroxylation is 1. The van der Waals surface area contributed by atoms with Crippen LogP contribution in [0.15, 0.2) is 47.6 Å². The molecule has 2 heterocycles. The molecule has 1 aliphatic rings. The minimum absolute atomic E-state index is 0.0871. The van der Waals surface area contributed by atoms with Crippen molar-refractivity contribution in [1.29, 1.82) is 0 Å². The number of amides is 1. The molecular weight excluding hydrogens is 458 g/mol. The van der Waals surface area contributed by atoms with Crippen LogP contribution in [-0.2, 0) is 24.3 Å². The Balaban J connectivity index is 1.87. The Bertz CT molecular complexity index is 1220. The van der Waals surface area contributed by atoms with Gasteiger partial charge >= 0.3 is 5.97 Å². The van der Waals surface area contributed by atoms with Crippen molar-refractivity contribution >= 4 is 32.8 Å². The maximum Gasteiger partial charge on any atom is 0.329 e. The number of carbonyl (C=O) groups excluding carboxylic acids is 2. The third-order valence-corrected chi connectivity index (χ3v) is 6.92. The zero-order valence-electron chi connectivity index (χ0n) is 19.9. The van der Waals surface area contributed by atoms with E-state index in [4.69, 9.17) is 4.74 Å². The quantitative estimate of drug-likeness (QED) is 0.452. The van der Waals surface area contributed by atoms with E-state index < -0.39 is 45.3 Å². The number of likely N-dealkylation sites (tertiary alicyclic amines) is 1. The number of aromatic nitrogens is 1. The summed E-state index contributed by atoms with van der Waals surface area (Å²) >= 11 is 0. The lowest BCUT2D eigenvalue weighted by Gasteiger charge is -2.31. The van der Waals surface area contributed by atoms with Crippen LogP contribution in [0.1, 0.15) is 45.6 Å². The molecule has 1 aliphatic heterocycles. The number of para-hydroxylation sites is 1. The van der Waals surface area contributed by atoms with Crippen LogP contribution < -0.4 is 4.72 Å². The molecule has 0 unspecified atom stereocenters. The molecule has 34 heavy (non-hydrogen) atoms. The molecule has 0 spiro atoms. The Morgan fingerprint density at radius 1 is 1.29 bits per heavy atom. The topological polar surface area (TPSA) is 126 Å². The van der Waals surface area contributed by atoms with Gasteiger partial charge in [-0.05, 0) is 64.7 Å². The number of nitrogens with one attached hydrogen (secondary N) is 1. The number of benzene rings is 1. The molecule has 1 aromatic carbocycles. The van der Waals surface area contributed by atoms with Gasteiger partial charge in [-0.2, -0.15) is 0 Å². The summed E-state index contributed by atoms with van der Waals surface area (Å²) in [5, 5.41) is 10.1. The first-order valence-electron chi connectivity index (χ1n) is 11.1. The lowest BCUT2D eigenvalue weighted by atomic mass is 10.1. The summed E-state index contributed by atoms with van der Waals surface area (Å²) in [6, 6.07) is 5.22. The number of aliphatic hydroxyl groups is 1. The molecule has 2 N–H and O–H groups in total. The second kappa shape index (κ2) is 9.71. The van der Waals surface area contributed by atoms with Gasteiger partial charge in [0.05, 0.1) is 5.52 Å². The molecular formula is C24H31N3O6S. The van der Waals surface area contributed by atoms with E-state index in [0.29, 0.717) is 18.2 Å². The van der Waals surface area contributed by atoms with Crippen LogP contribution >= 0.6 is 0 Å². The molecule has 184 valence electrons. The molecule has 3 rings (SSSR count). The molecule has 1 aromatic heterocycles. The van der Waals surface area contributed by atoms with Crippen LogP contribution in [0.25, 0.3) is 10.9 Å². The van der Waals surface area contributed by atoms with Crippen LogP contribution in [0.2, 0.25) is 0 Å². The fraction of sp³-hybridized carbons (Fsp3) is 0.458. The largest absolute Gasteiger partial charge is 0.458 e. The van der Waals surface area contributed by atoms with E-state index in [1.54, 1.807) is 39.1 Å². The monoisotopic (exact) mass is 489 g/mol. The Morgan fingerprint density at radius 2 is 2.00 bits per heavy atom. The minimum Gasteiger partial charge on any atom is -0.458 e. The van der Waals surface area contributed by atoms with E-state index >= 15 is 0 Å². The lowest BCUT2D eigenvalue weighted by Crippen LogP contribution is -2.49. The molecule has 1 amide bonds. The minimum atomic E-state index is -4.19. The van der Waals surface area contributed by atoms with Gasteiger partial charge in [0.25, 0.3) is 15.9 Å².